The third-order valence-corrected chi connectivity index (χ3v) is 3.61. The molecule has 0 radical (unpaired) electrons. The second-order valence-electron chi connectivity index (χ2n) is 3.24. The van der Waals surface area contributed by atoms with E-state index in [-0.39, 0.29) is 0 Å². The summed E-state index contributed by atoms with van der Waals surface area (Å²) in [6, 6.07) is 8.11. The molecule has 0 saturated heterocycles. The van der Waals surface area contributed by atoms with Crippen molar-refractivity contribution in [3.8, 4) is 0 Å². The number of aryl methyl sites for hydroxylation is 1. The van der Waals surface area contributed by atoms with Gasteiger partial charge >= 0.3 is 0 Å². The van der Waals surface area contributed by atoms with E-state index in [0.717, 1.165) is 22.3 Å². The molecule has 0 aliphatic rings. The monoisotopic (exact) mass is 346 g/mol. The predicted molar refractivity (Wildman–Crippen MR) is 75.6 cm³/mol. The molecule has 0 fully saturated rings. The molecule has 0 atom stereocenters. The lowest BCUT2D eigenvalue weighted by atomic mass is 10.7. The topological polar surface area (TPSA) is 9.86 Å². The highest BCUT2D eigenvalue weighted by Gasteiger charge is 1.98. The van der Waals surface area contributed by atoms with Gasteiger partial charge in [0.25, 0.3) is 0 Å². The first kappa shape index (κ1) is 13.6. The molecule has 2 heterocycles. The van der Waals surface area contributed by atoms with Gasteiger partial charge in [-0.2, -0.15) is 0 Å². The summed E-state index contributed by atoms with van der Waals surface area (Å²) in [6.45, 7) is 6.30. The lowest BCUT2D eigenvalue weighted by Crippen LogP contribution is -1.92. The maximum atomic E-state index is 3.41. The molecule has 0 amide bonds. The summed E-state index contributed by atoms with van der Waals surface area (Å²) >= 11 is 6.82. The van der Waals surface area contributed by atoms with Crippen LogP contribution in [0.25, 0.3) is 0 Å². The number of aromatic nitrogens is 2. The average molecular weight is 348 g/mol. The van der Waals surface area contributed by atoms with E-state index < -0.39 is 0 Å². The van der Waals surface area contributed by atoms with Gasteiger partial charge in [-0.1, -0.05) is 0 Å². The van der Waals surface area contributed by atoms with Crippen molar-refractivity contribution in [3.05, 3.63) is 45.9 Å². The normalized spacial score (nSPS) is 9.75. The number of hydrogen-bond donors (Lipinski definition) is 0. The molecule has 0 unspecified atom stereocenters. The SMILES string of the molecule is CCn1c(Br)ccc1Br.CCn1cccc1. The molecule has 2 aromatic heterocycles. The van der Waals surface area contributed by atoms with E-state index in [0.29, 0.717) is 0 Å². The van der Waals surface area contributed by atoms with Gasteiger partial charge in [-0.05, 0) is 70.0 Å². The van der Waals surface area contributed by atoms with Gasteiger partial charge in [-0.15, -0.1) is 0 Å². The van der Waals surface area contributed by atoms with Crippen LogP contribution in [-0.4, -0.2) is 9.13 Å². The van der Waals surface area contributed by atoms with E-state index in [1.807, 2.05) is 24.3 Å². The van der Waals surface area contributed by atoms with Gasteiger partial charge in [-0.25, -0.2) is 0 Å². The van der Waals surface area contributed by atoms with E-state index in [1.54, 1.807) is 0 Å². The van der Waals surface area contributed by atoms with Crippen LogP contribution < -0.4 is 0 Å². The van der Waals surface area contributed by atoms with Crippen molar-refractivity contribution in [3.63, 3.8) is 0 Å². The summed E-state index contributed by atoms with van der Waals surface area (Å²) in [5.41, 5.74) is 0. The molecule has 0 N–H and O–H groups in total. The zero-order valence-electron chi connectivity index (χ0n) is 9.53. The second-order valence-corrected chi connectivity index (χ2v) is 4.86. The maximum Gasteiger partial charge on any atom is 0.0855 e. The Labute approximate surface area is 114 Å². The van der Waals surface area contributed by atoms with Crippen LogP contribution in [-0.2, 0) is 13.1 Å². The Morgan fingerprint density at radius 2 is 1.44 bits per heavy atom. The van der Waals surface area contributed by atoms with Crippen LogP contribution >= 0.6 is 31.9 Å². The van der Waals surface area contributed by atoms with Crippen LogP contribution in [0.1, 0.15) is 13.8 Å². The fourth-order valence-corrected chi connectivity index (χ4v) is 2.69. The van der Waals surface area contributed by atoms with Crippen molar-refractivity contribution in [1.29, 1.82) is 0 Å². The van der Waals surface area contributed by atoms with Gasteiger partial charge in [0.15, 0.2) is 0 Å². The Bertz CT molecular complexity index is 385. The van der Waals surface area contributed by atoms with Gasteiger partial charge in [0.1, 0.15) is 0 Å². The molecule has 2 aromatic rings. The molecule has 0 spiro atoms. The number of hydrogen-bond acceptors (Lipinski definition) is 0. The summed E-state index contributed by atoms with van der Waals surface area (Å²) in [5, 5.41) is 0. The Morgan fingerprint density at radius 3 is 1.69 bits per heavy atom. The van der Waals surface area contributed by atoms with Gasteiger partial charge in [0.05, 0.1) is 9.21 Å². The van der Waals surface area contributed by atoms with Crippen LogP contribution in [0.15, 0.2) is 45.9 Å². The quantitative estimate of drug-likeness (QED) is 0.754. The van der Waals surface area contributed by atoms with Crippen LogP contribution in [0.2, 0.25) is 0 Å². The Kier molecular flexibility index (Phi) is 5.91. The zero-order valence-corrected chi connectivity index (χ0v) is 12.7. The van der Waals surface area contributed by atoms with Crippen LogP contribution in [0.5, 0.6) is 0 Å². The minimum Gasteiger partial charge on any atom is -0.355 e. The maximum absolute atomic E-state index is 3.41. The van der Waals surface area contributed by atoms with Gasteiger partial charge < -0.3 is 9.13 Å². The minimum atomic E-state index is 0.994. The highest BCUT2D eigenvalue weighted by molar-refractivity contribution is 9.11. The van der Waals surface area contributed by atoms with E-state index in [1.165, 1.54) is 0 Å². The third-order valence-electron chi connectivity index (χ3n) is 2.22. The van der Waals surface area contributed by atoms with E-state index in [9.17, 15) is 0 Å². The van der Waals surface area contributed by atoms with Crippen LogP contribution in [0.4, 0.5) is 0 Å². The van der Waals surface area contributed by atoms with Gasteiger partial charge in [-0.3, -0.25) is 0 Å². The first-order chi connectivity index (χ1) is 7.69. The van der Waals surface area contributed by atoms with Crippen molar-refractivity contribution in [2.24, 2.45) is 0 Å². The molecule has 2 nitrogen and oxygen atoms in total. The lowest BCUT2D eigenvalue weighted by molar-refractivity contribution is 0.735. The highest BCUT2D eigenvalue weighted by atomic mass is 79.9. The largest absolute Gasteiger partial charge is 0.355 e. The first-order valence-corrected chi connectivity index (χ1v) is 6.88. The molecule has 88 valence electrons. The fraction of sp³-hybridized carbons (Fsp3) is 0.333. The molecule has 0 aromatic carbocycles. The van der Waals surface area contributed by atoms with Gasteiger partial charge in [0.2, 0.25) is 0 Å². The van der Waals surface area contributed by atoms with Crippen molar-refractivity contribution < 1.29 is 0 Å². The molecule has 0 saturated carbocycles. The van der Waals surface area contributed by atoms with E-state index >= 15 is 0 Å². The molecule has 0 aliphatic heterocycles. The first-order valence-electron chi connectivity index (χ1n) is 5.30. The standard InChI is InChI=1S/C6H7Br2N.C6H9N/c1-2-9-5(7)3-4-6(9)8;1-2-7-5-3-4-6-7/h3-4H,2H2,1H3;3-6H,2H2,1H3. The summed E-state index contributed by atoms with van der Waals surface area (Å²) in [4.78, 5) is 0. The van der Waals surface area contributed by atoms with Crippen molar-refractivity contribution in [2.75, 3.05) is 0 Å². The summed E-state index contributed by atoms with van der Waals surface area (Å²) < 4.78 is 6.49. The van der Waals surface area contributed by atoms with Gasteiger partial charge in [0, 0.05) is 25.5 Å². The summed E-state index contributed by atoms with van der Waals surface area (Å²) in [5.74, 6) is 0. The van der Waals surface area contributed by atoms with Crippen LogP contribution in [0, 0.1) is 0 Å². The summed E-state index contributed by atoms with van der Waals surface area (Å²) in [6.07, 6.45) is 4.11. The van der Waals surface area contributed by atoms with Crippen molar-refractivity contribution in [1.82, 2.24) is 9.13 Å². The van der Waals surface area contributed by atoms with E-state index in [4.69, 9.17) is 0 Å². The highest BCUT2D eigenvalue weighted by Crippen LogP contribution is 2.19. The third kappa shape index (κ3) is 3.83. The fourth-order valence-electron chi connectivity index (χ4n) is 1.30. The molecular weight excluding hydrogens is 332 g/mol. The Hall–Kier alpha value is -0.480. The lowest BCUT2D eigenvalue weighted by Gasteiger charge is -1.99. The van der Waals surface area contributed by atoms with E-state index in [2.05, 4.69) is 67.2 Å². The average Bonchev–Trinajstić information content (AvgIpc) is 2.90. The predicted octanol–water partition coefficient (Wildman–Crippen LogP) is 4.54. The second kappa shape index (κ2) is 6.97. The Balaban J connectivity index is 0.000000165. The molecular formula is C12H16Br2N2. The smallest absolute Gasteiger partial charge is 0.0855 e. The number of nitrogens with zero attached hydrogens (tertiary/aromatic N) is 2. The minimum absolute atomic E-state index is 0.994. The number of rotatable bonds is 2. The molecule has 0 aliphatic carbocycles. The summed E-state index contributed by atoms with van der Waals surface area (Å²) in [7, 11) is 0. The molecule has 2 rings (SSSR count). The Morgan fingerprint density at radius 1 is 0.938 bits per heavy atom. The number of halogens is 2. The van der Waals surface area contributed by atoms with Crippen molar-refractivity contribution in [2.45, 2.75) is 26.9 Å². The molecule has 4 heteroatoms. The molecule has 0 bridgehead atoms. The zero-order chi connectivity index (χ0) is 12.0. The van der Waals surface area contributed by atoms with Crippen LogP contribution in [0.3, 0.4) is 0 Å². The van der Waals surface area contributed by atoms with Crippen molar-refractivity contribution >= 4 is 31.9 Å². The molecule has 16 heavy (non-hydrogen) atoms.